The molecule has 170 valence electrons. The van der Waals surface area contributed by atoms with E-state index in [-0.39, 0.29) is 23.7 Å². The molecule has 1 aliphatic heterocycles. The zero-order valence-electron chi connectivity index (χ0n) is 18.2. The average Bonchev–Trinajstić information content (AvgIpc) is 3.68. The Morgan fingerprint density at radius 1 is 0.969 bits per heavy atom. The van der Waals surface area contributed by atoms with Crippen LogP contribution in [-0.2, 0) is 14.8 Å². The van der Waals surface area contributed by atoms with Gasteiger partial charge in [-0.05, 0) is 55.9 Å². The highest BCUT2D eigenvalue weighted by atomic mass is 32.2. The molecule has 1 aliphatic carbocycles. The number of hydrogen-bond donors (Lipinski definition) is 1. The fraction of sp³-hybridized carbons (Fsp3) is 0.417. The van der Waals surface area contributed by atoms with Crippen molar-refractivity contribution in [1.29, 1.82) is 0 Å². The molecule has 2 amide bonds. The second kappa shape index (κ2) is 9.42. The van der Waals surface area contributed by atoms with Gasteiger partial charge in [0.2, 0.25) is 15.9 Å². The minimum absolute atomic E-state index is 0.0530. The Labute approximate surface area is 189 Å². The normalized spacial score (nSPS) is 17.7. The summed E-state index contributed by atoms with van der Waals surface area (Å²) >= 11 is 0. The van der Waals surface area contributed by atoms with Gasteiger partial charge in [0.1, 0.15) is 0 Å². The number of piperidine rings is 1. The Balaban J connectivity index is 1.33. The monoisotopic (exact) mass is 455 g/mol. The molecule has 2 fully saturated rings. The van der Waals surface area contributed by atoms with Crippen LogP contribution in [-0.4, -0.2) is 51.2 Å². The molecule has 0 bridgehead atoms. The third-order valence-corrected chi connectivity index (χ3v) is 8.19. The van der Waals surface area contributed by atoms with Crippen LogP contribution in [0.3, 0.4) is 0 Å². The summed E-state index contributed by atoms with van der Waals surface area (Å²) in [5, 5.41) is 2.99. The third kappa shape index (κ3) is 4.86. The Morgan fingerprint density at radius 3 is 2.25 bits per heavy atom. The molecule has 0 atom stereocenters. The van der Waals surface area contributed by atoms with Gasteiger partial charge in [-0.15, -0.1) is 0 Å². The van der Waals surface area contributed by atoms with E-state index in [1.807, 2.05) is 6.07 Å². The van der Waals surface area contributed by atoms with E-state index in [4.69, 9.17) is 0 Å². The van der Waals surface area contributed by atoms with E-state index in [0.717, 1.165) is 12.8 Å². The maximum Gasteiger partial charge on any atom is 0.253 e. The van der Waals surface area contributed by atoms with Crippen molar-refractivity contribution in [2.75, 3.05) is 31.6 Å². The second-order valence-corrected chi connectivity index (χ2v) is 10.5. The predicted molar refractivity (Wildman–Crippen MR) is 123 cm³/mol. The number of para-hydroxylation sites is 1. The number of nitrogens with one attached hydrogen (secondary N) is 1. The zero-order chi connectivity index (χ0) is 22.7. The summed E-state index contributed by atoms with van der Waals surface area (Å²) in [4.78, 5) is 27.2. The van der Waals surface area contributed by atoms with Crippen LogP contribution >= 0.6 is 0 Å². The molecule has 1 saturated carbocycles. The van der Waals surface area contributed by atoms with Crippen molar-refractivity contribution in [2.45, 2.75) is 30.6 Å². The summed E-state index contributed by atoms with van der Waals surface area (Å²) in [5.74, 6) is 0.125. The summed E-state index contributed by atoms with van der Waals surface area (Å²) in [6.45, 7) is 1.35. The Morgan fingerprint density at radius 2 is 1.59 bits per heavy atom. The fourth-order valence-corrected chi connectivity index (χ4v) is 5.60. The average molecular weight is 456 g/mol. The number of carbonyl (C=O) groups is 2. The van der Waals surface area contributed by atoms with Crippen LogP contribution in [0.2, 0.25) is 0 Å². The smallest absolute Gasteiger partial charge is 0.253 e. The molecule has 1 heterocycles. The molecule has 2 aromatic rings. The maximum absolute atomic E-state index is 12.9. The molecule has 0 aromatic heterocycles. The third-order valence-electron chi connectivity index (χ3n) is 6.27. The summed E-state index contributed by atoms with van der Waals surface area (Å²) in [6, 6.07) is 15.6. The molecular weight excluding hydrogens is 426 g/mol. The largest absolute Gasteiger partial charge is 0.352 e. The summed E-state index contributed by atoms with van der Waals surface area (Å²) in [7, 11) is -1.76. The van der Waals surface area contributed by atoms with Crippen LogP contribution in [0, 0.1) is 11.8 Å². The molecule has 7 nitrogen and oxygen atoms in total. The first-order chi connectivity index (χ1) is 15.4. The van der Waals surface area contributed by atoms with E-state index in [9.17, 15) is 18.0 Å². The van der Waals surface area contributed by atoms with Crippen LogP contribution in [0.25, 0.3) is 0 Å². The van der Waals surface area contributed by atoms with E-state index < -0.39 is 10.0 Å². The van der Waals surface area contributed by atoms with Gasteiger partial charge in [-0.1, -0.05) is 30.3 Å². The topological polar surface area (TPSA) is 86.8 Å². The van der Waals surface area contributed by atoms with Crippen LogP contribution < -0.4 is 10.2 Å². The summed E-state index contributed by atoms with van der Waals surface area (Å²) in [5.41, 5.74) is 1.10. The lowest BCUT2D eigenvalue weighted by Crippen LogP contribution is -2.41. The highest BCUT2D eigenvalue weighted by Gasteiger charge is 2.34. The molecule has 2 aromatic carbocycles. The molecule has 8 heteroatoms. The maximum atomic E-state index is 12.9. The SMILES string of the molecule is CN(C(=O)C1CC1)c1ccccc1C(=O)NCC1CCN(S(=O)(=O)c2ccccc2)CC1. The van der Waals surface area contributed by atoms with Gasteiger partial charge in [0.05, 0.1) is 16.1 Å². The summed E-state index contributed by atoms with van der Waals surface area (Å²) < 4.78 is 27.1. The molecule has 2 aliphatic rings. The minimum atomic E-state index is -3.48. The van der Waals surface area contributed by atoms with Gasteiger partial charge in [0, 0.05) is 32.6 Å². The van der Waals surface area contributed by atoms with Crippen molar-refractivity contribution in [2.24, 2.45) is 11.8 Å². The molecule has 0 unspecified atom stereocenters. The van der Waals surface area contributed by atoms with Crippen molar-refractivity contribution in [3.8, 4) is 0 Å². The lowest BCUT2D eigenvalue weighted by molar-refractivity contribution is -0.119. The first-order valence-corrected chi connectivity index (χ1v) is 12.5. The molecule has 0 spiro atoms. The molecule has 1 N–H and O–H groups in total. The van der Waals surface area contributed by atoms with Crippen LogP contribution in [0.4, 0.5) is 5.69 Å². The van der Waals surface area contributed by atoms with Crippen molar-refractivity contribution < 1.29 is 18.0 Å². The lowest BCUT2D eigenvalue weighted by Gasteiger charge is -2.31. The van der Waals surface area contributed by atoms with Crippen molar-refractivity contribution in [3.05, 3.63) is 60.2 Å². The van der Waals surface area contributed by atoms with E-state index in [2.05, 4.69) is 5.32 Å². The van der Waals surface area contributed by atoms with Gasteiger partial charge in [-0.25, -0.2) is 8.42 Å². The number of carbonyl (C=O) groups excluding carboxylic acids is 2. The number of rotatable bonds is 7. The van der Waals surface area contributed by atoms with Crippen molar-refractivity contribution in [1.82, 2.24) is 9.62 Å². The van der Waals surface area contributed by atoms with Crippen LogP contribution in [0.5, 0.6) is 0 Å². The Kier molecular flexibility index (Phi) is 6.62. The zero-order valence-corrected chi connectivity index (χ0v) is 19.1. The van der Waals surface area contributed by atoms with E-state index >= 15 is 0 Å². The number of hydrogen-bond acceptors (Lipinski definition) is 4. The minimum Gasteiger partial charge on any atom is -0.352 e. The molecule has 0 radical (unpaired) electrons. The first kappa shape index (κ1) is 22.5. The Bertz CT molecular complexity index is 1080. The predicted octanol–water partition coefficient (Wildman–Crippen LogP) is 2.89. The molecule has 4 rings (SSSR count). The number of amides is 2. The van der Waals surface area contributed by atoms with Crippen LogP contribution in [0.1, 0.15) is 36.0 Å². The molecule has 32 heavy (non-hydrogen) atoms. The van der Waals surface area contributed by atoms with E-state index in [0.29, 0.717) is 48.6 Å². The van der Waals surface area contributed by atoms with E-state index in [1.54, 1.807) is 60.5 Å². The van der Waals surface area contributed by atoms with Crippen LogP contribution in [0.15, 0.2) is 59.5 Å². The fourth-order valence-electron chi connectivity index (χ4n) is 4.11. The first-order valence-electron chi connectivity index (χ1n) is 11.1. The number of anilines is 1. The number of nitrogens with zero attached hydrogens (tertiary/aromatic N) is 2. The summed E-state index contributed by atoms with van der Waals surface area (Å²) in [6.07, 6.45) is 3.20. The van der Waals surface area contributed by atoms with Gasteiger partial charge >= 0.3 is 0 Å². The lowest BCUT2D eigenvalue weighted by atomic mass is 9.98. The molecule has 1 saturated heterocycles. The highest BCUT2D eigenvalue weighted by Crippen LogP contribution is 2.33. The molecular formula is C24H29N3O4S. The number of benzene rings is 2. The van der Waals surface area contributed by atoms with E-state index in [1.165, 1.54) is 4.31 Å². The van der Waals surface area contributed by atoms with Crippen molar-refractivity contribution in [3.63, 3.8) is 0 Å². The van der Waals surface area contributed by atoms with Crippen molar-refractivity contribution >= 4 is 27.5 Å². The van der Waals surface area contributed by atoms with Gasteiger partial charge in [0.25, 0.3) is 5.91 Å². The highest BCUT2D eigenvalue weighted by molar-refractivity contribution is 7.89. The Hall–Kier alpha value is -2.71. The van der Waals surface area contributed by atoms with Gasteiger partial charge in [0.15, 0.2) is 0 Å². The second-order valence-electron chi connectivity index (χ2n) is 8.56. The number of sulfonamides is 1. The standard InChI is InChI=1S/C24H29N3O4S/c1-26(24(29)19-11-12-19)22-10-6-5-9-21(22)23(28)25-17-18-13-15-27(16-14-18)32(30,31)20-7-3-2-4-8-20/h2-10,18-19H,11-17H2,1H3,(H,25,28). The van der Waals surface area contributed by atoms with Gasteiger partial charge < -0.3 is 10.2 Å². The quantitative estimate of drug-likeness (QED) is 0.696. The van der Waals surface area contributed by atoms with Gasteiger partial charge in [-0.2, -0.15) is 4.31 Å². The van der Waals surface area contributed by atoms with Gasteiger partial charge in [-0.3, -0.25) is 9.59 Å².